The Balaban J connectivity index is 1.60. The number of aliphatic hydroxyl groups excluding tert-OH is 1. The van der Waals surface area contributed by atoms with Crippen molar-refractivity contribution in [1.29, 1.82) is 0 Å². The van der Waals surface area contributed by atoms with Crippen LogP contribution in [0.15, 0.2) is 90.7 Å². The largest absolute Gasteiger partial charge is 0.489 e. The van der Waals surface area contributed by atoms with Gasteiger partial charge in [0.25, 0.3) is 0 Å². The number of benzene rings is 2. The number of aliphatic hydroxyl groups is 1. The molecule has 0 aliphatic carbocycles. The predicted molar refractivity (Wildman–Crippen MR) is 151 cm³/mol. The lowest BCUT2D eigenvalue weighted by atomic mass is 9.91. The summed E-state index contributed by atoms with van der Waals surface area (Å²) in [5.74, 6) is 0.775. The number of ether oxygens (including phenoxy) is 3. The Labute approximate surface area is 230 Å². The standard InChI is InChI=1S/C29H29NO6S2/c1-3-13-34-25-16-22(36-17-26(32)35-14-4-2)10-11-23(25)27-28(38-19-24(31)20-12-15-37-18-20)29(33)30(27)21-8-6-5-7-9-21/h3-12,15-16,18,24,27-28,31H,1-2,13-14,17,19H2/t24-,27+,28+/m0/s1. The number of nitrogens with zero attached hydrogens (tertiary/aromatic N) is 1. The SMILES string of the molecule is C=CCOC(=O)COc1ccc([C@@H]2[C@@H](SC[C@H](O)c3ccsc3)C(=O)N2c2ccccc2)c(OCC=C)c1. The second-order valence-electron chi connectivity index (χ2n) is 8.37. The van der Waals surface area contributed by atoms with Crippen LogP contribution in [0.5, 0.6) is 11.5 Å². The molecule has 198 valence electrons. The van der Waals surface area contributed by atoms with Gasteiger partial charge in [-0.3, -0.25) is 4.79 Å². The molecule has 7 nitrogen and oxygen atoms in total. The van der Waals surface area contributed by atoms with E-state index in [9.17, 15) is 14.7 Å². The third kappa shape index (κ3) is 6.48. The van der Waals surface area contributed by atoms with E-state index in [0.29, 0.717) is 17.3 Å². The van der Waals surface area contributed by atoms with Gasteiger partial charge in [-0.1, -0.05) is 43.5 Å². The van der Waals surface area contributed by atoms with Gasteiger partial charge in [0.2, 0.25) is 5.91 Å². The molecule has 2 heterocycles. The van der Waals surface area contributed by atoms with Crippen molar-refractivity contribution in [3.8, 4) is 11.5 Å². The van der Waals surface area contributed by atoms with Gasteiger partial charge in [-0.2, -0.15) is 11.3 Å². The quantitative estimate of drug-likeness (QED) is 0.164. The Bertz CT molecular complexity index is 1250. The third-order valence-corrected chi connectivity index (χ3v) is 7.85. The number of thioether (sulfide) groups is 1. The number of esters is 1. The minimum atomic E-state index is -0.668. The van der Waals surface area contributed by atoms with Crippen molar-refractivity contribution in [2.24, 2.45) is 0 Å². The molecule has 1 aromatic heterocycles. The second-order valence-corrected chi connectivity index (χ2v) is 10.3. The van der Waals surface area contributed by atoms with E-state index in [1.807, 2.05) is 53.2 Å². The van der Waals surface area contributed by atoms with Crippen LogP contribution in [0, 0.1) is 0 Å². The molecule has 3 atom stereocenters. The summed E-state index contributed by atoms with van der Waals surface area (Å²) in [5, 5.41) is 14.0. The first-order chi connectivity index (χ1) is 18.5. The fourth-order valence-electron chi connectivity index (χ4n) is 4.02. The smallest absolute Gasteiger partial charge is 0.344 e. The molecule has 0 unspecified atom stereocenters. The first kappa shape index (κ1) is 27.5. The maximum atomic E-state index is 13.4. The highest BCUT2D eigenvalue weighted by Gasteiger charge is 2.50. The molecular weight excluding hydrogens is 522 g/mol. The number of para-hydroxylation sites is 1. The van der Waals surface area contributed by atoms with E-state index in [1.165, 1.54) is 29.2 Å². The van der Waals surface area contributed by atoms with Gasteiger partial charge in [0.1, 0.15) is 30.0 Å². The van der Waals surface area contributed by atoms with E-state index in [4.69, 9.17) is 14.2 Å². The molecule has 9 heteroatoms. The highest BCUT2D eigenvalue weighted by atomic mass is 32.2. The number of hydrogen-bond acceptors (Lipinski definition) is 8. The molecule has 0 radical (unpaired) electrons. The van der Waals surface area contributed by atoms with Gasteiger partial charge >= 0.3 is 5.97 Å². The summed E-state index contributed by atoms with van der Waals surface area (Å²) in [6.07, 6.45) is 2.45. The van der Waals surface area contributed by atoms with Crippen molar-refractivity contribution in [1.82, 2.24) is 0 Å². The summed E-state index contributed by atoms with van der Waals surface area (Å²) >= 11 is 2.95. The van der Waals surface area contributed by atoms with Gasteiger partial charge in [0.15, 0.2) is 6.61 Å². The van der Waals surface area contributed by atoms with Gasteiger partial charge < -0.3 is 24.2 Å². The lowest BCUT2D eigenvalue weighted by molar-refractivity contribution is -0.144. The molecule has 0 bridgehead atoms. The minimum Gasteiger partial charge on any atom is -0.489 e. The van der Waals surface area contributed by atoms with E-state index in [-0.39, 0.29) is 31.8 Å². The van der Waals surface area contributed by atoms with Crippen molar-refractivity contribution in [2.75, 3.05) is 30.5 Å². The number of amides is 1. The van der Waals surface area contributed by atoms with E-state index in [0.717, 1.165) is 16.8 Å². The van der Waals surface area contributed by atoms with Crippen molar-refractivity contribution >= 4 is 40.7 Å². The molecule has 1 saturated heterocycles. The molecule has 1 N–H and O–H groups in total. The van der Waals surface area contributed by atoms with E-state index >= 15 is 0 Å². The zero-order valence-electron chi connectivity index (χ0n) is 20.7. The molecular formula is C29H29NO6S2. The number of carbonyl (C=O) groups is 2. The highest BCUT2D eigenvalue weighted by molar-refractivity contribution is 8.00. The molecule has 0 saturated carbocycles. The number of β-lactam (4-membered cyclic amide) rings is 1. The fraction of sp³-hybridized carbons (Fsp3) is 0.241. The summed E-state index contributed by atoms with van der Waals surface area (Å²) in [6, 6.07) is 16.3. The Kier molecular flexibility index (Phi) is 9.64. The topological polar surface area (TPSA) is 85.3 Å². The normalized spacial score (nSPS) is 17.3. The van der Waals surface area contributed by atoms with Gasteiger partial charge in [-0.05, 0) is 46.7 Å². The van der Waals surface area contributed by atoms with Crippen LogP contribution in [0.25, 0.3) is 0 Å². The molecule has 1 aliphatic heterocycles. The van der Waals surface area contributed by atoms with Crippen LogP contribution in [0.2, 0.25) is 0 Å². The number of thiophene rings is 1. The van der Waals surface area contributed by atoms with Crippen molar-refractivity contribution in [2.45, 2.75) is 17.4 Å². The van der Waals surface area contributed by atoms with E-state index in [1.54, 1.807) is 23.1 Å². The molecule has 2 aromatic carbocycles. The molecule has 3 aromatic rings. The van der Waals surface area contributed by atoms with Crippen LogP contribution < -0.4 is 14.4 Å². The van der Waals surface area contributed by atoms with E-state index in [2.05, 4.69) is 13.2 Å². The molecule has 0 spiro atoms. The monoisotopic (exact) mass is 551 g/mol. The van der Waals surface area contributed by atoms with Crippen LogP contribution in [0.1, 0.15) is 23.3 Å². The van der Waals surface area contributed by atoms with Crippen LogP contribution in [0.3, 0.4) is 0 Å². The van der Waals surface area contributed by atoms with Crippen molar-refractivity contribution in [3.05, 3.63) is 102 Å². The average molecular weight is 552 g/mol. The first-order valence-electron chi connectivity index (χ1n) is 12.0. The summed E-state index contributed by atoms with van der Waals surface area (Å²) in [5.41, 5.74) is 2.41. The molecule has 1 amide bonds. The molecule has 1 aliphatic rings. The number of hydrogen-bond donors (Lipinski definition) is 1. The van der Waals surface area contributed by atoms with Crippen molar-refractivity contribution in [3.63, 3.8) is 0 Å². The lowest BCUT2D eigenvalue weighted by Gasteiger charge is -2.47. The maximum Gasteiger partial charge on any atom is 0.344 e. The first-order valence-corrected chi connectivity index (χ1v) is 14.0. The van der Waals surface area contributed by atoms with Crippen molar-refractivity contribution < 1.29 is 28.9 Å². The van der Waals surface area contributed by atoms with Crippen LogP contribution in [-0.2, 0) is 14.3 Å². The zero-order chi connectivity index (χ0) is 26.9. The van der Waals surface area contributed by atoms with Crippen LogP contribution in [0.4, 0.5) is 5.69 Å². The summed E-state index contributed by atoms with van der Waals surface area (Å²) in [6.45, 7) is 7.36. The number of rotatable bonds is 14. The average Bonchev–Trinajstić information content (AvgIpc) is 3.48. The predicted octanol–water partition coefficient (Wildman–Crippen LogP) is 5.34. The Morgan fingerprint density at radius 1 is 1.11 bits per heavy atom. The Morgan fingerprint density at radius 2 is 1.89 bits per heavy atom. The summed E-state index contributed by atoms with van der Waals surface area (Å²) in [4.78, 5) is 27.0. The van der Waals surface area contributed by atoms with Gasteiger partial charge in [0, 0.05) is 23.1 Å². The molecule has 38 heavy (non-hydrogen) atoms. The van der Waals surface area contributed by atoms with Gasteiger partial charge in [-0.15, -0.1) is 11.8 Å². The summed E-state index contributed by atoms with van der Waals surface area (Å²) < 4.78 is 16.6. The second kappa shape index (κ2) is 13.3. The highest BCUT2D eigenvalue weighted by Crippen LogP contribution is 2.48. The number of carbonyl (C=O) groups excluding carboxylic acids is 2. The molecule has 1 fully saturated rings. The Morgan fingerprint density at radius 3 is 2.61 bits per heavy atom. The number of anilines is 1. The fourth-order valence-corrected chi connectivity index (χ4v) is 6.01. The minimum absolute atomic E-state index is 0.0383. The van der Waals surface area contributed by atoms with Crippen LogP contribution >= 0.6 is 23.1 Å². The van der Waals surface area contributed by atoms with Gasteiger partial charge in [0.05, 0.1) is 12.1 Å². The van der Waals surface area contributed by atoms with E-state index < -0.39 is 17.3 Å². The van der Waals surface area contributed by atoms with Crippen LogP contribution in [-0.4, -0.2) is 47.8 Å². The molecule has 4 rings (SSSR count). The third-order valence-electron chi connectivity index (χ3n) is 5.82. The lowest BCUT2D eigenvalue weighted by Crippen LogP contribution is -2.57. The maximum absolute atomic E-state index is 13.4. The summed E-state index contributed by atoms with van der Waals surface area (Å²) in [7, 11) is 0. The Hall–Kier alpha value is -3.53. The van der Waals surface area contributed by atoms with Gasteiger partial charge in [-0.25, -0.2) is 4.79 Å². The zero-order valence-corrected chi connectivity index (χ0v) is 22.4.